The van der Waals surface area contributed by atoms with Crippen LogP contribution in [0.25, 0.3) is 0 Å². The number of thioether (sulfide) groups is 1. The normalized spacial score (nSPS) is 21.4. The number of aryl methyl sites for hydroxylation is 1. The van der Waals surface area contributed by atoms with Crippen molar-refractivity contribution < 1.29 is 9.53 Å². The average molecular weight is 251 g/mol. The third-order valence-electron chi connectivity index (χ3n) is 2.99. The SMILES string of the molecule is COC(C)c1ccc(C)cc1C1NC(=O)CS1. The zero-order chi connectivity index (χ0) is 12.4. The molecule has 4 heteroatoms. The zero-order valence-corrected chi connectivity index (χ0v) is 11.1. The molecule has 1 fully saturated rings. The Morgan fingerprint density at radius 2 is 2.29 bits per heavy atom. The highest BCUT2D eigenvalue weighted by Gasteiger charge is 2.26. The molecule has 1 N–H and O–H groups in total. The van der Waals surface area contributed by atoms with Crippen molar-refractivity contribution in [3.8, 4) is 0 Å². The van der Waals surface area contributed by atoms with E-state index in [0.717, 1.165) is 11.1 Å². The van der Waals surface area contributed by atoms with Gasteiger partial charge in [0.1, 0.15) is 5.37 Å². The zero-order valence-electron chi connectivity index (χ0n) is 10.3. The number of carbonyl (C=O) groups is 1. The Kier molecular flexibility index (Phi) is 3.74. The van der Waals surface area contributed by atoms with Crippen molar-refractivity contribution in [2.45, 2.75) is 25.3 Å². The summed E-state index contributed by atoms with van der Waals surface area (Å²) in [6.45, 7) is 4.09. The highest BCUT2D eigenvalue weighted by Crippen LogP contribution is 2.35. The summed E-state index contributed by atoms with van der Waals surface area (Å²) in [6, 6.07) is 6.30. The molecule has 1 aliphatic rings. The molecule has 0 spiro atoms. The van der Waals surface area contributed by atoms with Crippen LogP contribution in [0.2, 0.25) is 0 Å². The van der Waals surface area contributed by atoms with Gasteiger partial charge in [0.05, 0.1) is 11.9 Å². The highest BCUT2D eigenvalue weighted by molar-refractivity contribution is 8.00. The van der Waals surface area contributed by atoms with Crippen molar-refractivity contribution in [2.24, 2.45) is 0 Å². The van der Waals surface area contributed by atoms with Crippen molar-refractivity contribution in [1.82, 2.24) is 5.32 Å². The first kappa shape index (κ1) is 12.5. The van der Waals surface area contributed by atoms with Crippen molar-refractivity contribution in [2.75, 3.05) is 12.9 Å². The number of carbonyl (C=O) groups excluding carboxylic acids is 1. The van der Waals surface area contributed by atoms with Crippen LogP contribution in [0.1, 0.15) is 35.1 Å². The molecular formula is C13H17NO2S. The van der Waals surface area contributed by atoms with E-state index < -0.39 is 0 Å². The molecule has 1 amide bonds. The van der Waals surface area contributed by atoms with Crippen LogP contribution in [0.5, 0.6) is 0 Å². The third-order valence-corrected chi connectivity index (χ3v) is 4.12. The standard InChI is InChI=1S/C13H17NO2S/c1-8-4-5-10(9(2)16-3)11(6-8)13-14-12(15)7-17-13/h4-6,9,13H,7H2,1-3H3,(H,14,15). The average Bonchev–Trinajstić information content (AvgIpc) is 2.75. The third kappa shape index (κ3) is 2.64. The number of ether oxygens (including phenoxy) is 1. The highest BCUT2D eigenvalue weighted by atomic mass is 32.2. The van der Waals surface area contributed by atoms with Gasteiger partial charge in [-0.3, -0.25) is 4.79 Å². The van der Waals surface area contributed by atoms with E-state index in [4.69, 9.17) is 4.74 Å². The quantitative estimate of drug-likeness (QED) is 0.897. The van der Waals surface area contributed by atoms with Gasteiger partial charge in [-0.1, -0.05) is 23.8 Å². The van der Waals surface area contributed by atoms with E-state index >= 15 is 0 Å². The van der Waals surface area contributed by atoms with E-state index in [1.165, 1.54) is 5.56 Å². The van der Waals surface area contributed by atoms with Gasteiger partial charge in [0, 0.05) is 7.11 Å². The first-order chi connectivity index (χ1) is 8.11. The monoisotopic (exact) mass is 251 g/mol. The number of methoxy groups -OCH3 is 1. The van der Waals surface area contributed by atoms with Crippen LogP contribution in [0.4, 0.5) is 0 Å². The topological polar surface area (TPSA) is 38.3 Å². The molecule has 92 valence electrons. The summed E-state index contributed by atoms with van der Waals surface area (Å²) in [6.07, 6.45) is 0.0451. The van der Waals surface area contributed by atoms with Crippen LogP contribution in [0, 0.1) is 6.92 Å². The molecule has 0 bridgehead atoms. The lowest BCUT2D eigenvalue weighted by molar-refractivity contribution is -0.118. The second-order valence-corrected chi connectivity index (χ2v) is 5.36. The summed E-state index contributed by atoms with van der Waals surface area (Å²) >= 11 is 1.64. The molecule has 1 aromatic carbocycles. The minimum Gasteiger partial charge on any atom is -0.377 e. The summed E-state index contributed by atoms with van der Waals surface area (Å²) < 4.78 is 5.38. The van der Waals surface area contributed by atoms with E-state index in [9.17, 15) is 4.79 Å². The Morgan fingerprint density at radius 3 is 2.88 bits per heavy atom. The van der Waals surface area contributed by atoms with Gasteiger partial charge in [-0.2, -0.15) is 0 Å². The Bertz CT molecular complexity index is 433. The lowest BCUT2D eigenvalue weighted by Crippen LogP contribution is -2.20. The Hall–Kier alpha value is -1.000. The molecule has 1 aromatic rings. The minimum atomic E-state index is 0.0451. The number of amides is 1. The van der Waals surface area contributed by atoms with Crippen LogP contribution in [-0.2, 0) is 9.53 Å². The largest absolute Gasteiger partial charge is 0.377 e. The summed E-state index contributed by atoms with van der Waals surface area (Å²) in [5, 5.41) is 3.05. The number of nitrogens with one attached hydrogen (secondary N) is 1. The fraction of sp³-hybridized carbons (Fsp3) is 0.462. The van der Waals surface area contributed by atoms with E-state index in [0.29, 0.717) is 5.75 Å². The molecule has 2 atom stereocenters. The van der Waals surface area contributed by atoms with Gasteiger partial charge < -0.3 is 10.1 Å². The molecular weight excluding hydrogens is 234 g/mol. The van der Waals surface area contributed by atoms with Gasteiger partial charge in [-0.05, 0) is 25.0 Å². The first-order valence-corrected chi connectivity index (χ1v) is 6.71. The van der Waals surface area contributed by atoms with Crippen LogP contribution >= 0.6 is 11.8 Å². The Morgan fingerprint density at radius 1 is 1.53 bits per heavy atom. The van der Waals surface area contributed by atoms with E-state index in [1.54, 1.807) is 18.9 Å². The van der Waals surface area contributed by atoms with Gasteiger partial charge in [0.15, 0.2) is 0 Å². The molecule has 1 heterocycles. The molecule has 1 saturated heterocycles. The van der Waals surface area contributed by atoms with Gasteiger partial charge >= 0.3 is 0 Å². The maximum atomic E-state index is 11.3. The van der Waals surface area contributed by atoms with Gasteiger partial charge in [-0.15, -0.1) is 11.8 Å². The number of rotatable bonds is 3. The summed E-state index contributed by atoms with van der Waals surface area (Å²) in [5.74, 6) is 0.650. The van der Waals surface area contributed by atoms with Crippen LogP contribution in [0.15, 0.2) is 18.2 Å². The van der Waals surface area contributed by atoms with Crippen LogP contribution < -0.4 is 5.32 Å². The van der Waals surface area contributed by atoms with Crippen molar-refractivity contribution in [3.05, 3.63) is 34.9 Å². The van der Waals surface area contributed by atoms with Gasteiger partial charge in [0.2, 0.25) is 5.91 Å². The molecule has 2 rings (SSSR count). The lowest BCUT2D eigenvalue weighted by atomic mass is 10.0. The summed E-state index contributed by atoms with van der Waals surface area (Å²) in [5.41, 5.74) is 3.52. The number of hydrogen-bond donors (Lipinski definition) is 1. The molecule has 0 aromatic heterocycles. The molecule has 0 saturated carbocycles. The van der Waals surface area contributed by atoms with Gasteiger partial charge in [0.25, 0.3) is 0 Å². The number of hydrogen-bond acceptors (Lipinski definition) is 3. The summed E-state index contributed by atoms with van der Waals surface area (Å²) in [7, 11) is 1.70. The molecule has 0 radical (unpaired) electrons. The second kappa shape index (κ2) is 5.10. The molecule has 1 aliphatic heterocycles. The predicted octanol–water partition coefficient (Wildman–Crippen LogP) is 2.56. The molecule has 3 nitrogen and oxygen atoms in total. The van der Waals surface area contributed by atoms with E-state index in [1.807, 2.05) is 6.92 Å². The molecule has 17 heavy (non-hydrogen) atoms. The van der Waals surface area contributed by atoms with Crippen molar-refractivity contribution in [1.29, 1.82) is 0 Å². The molecule has 2 unspecified atom stereocenters. The number of benzene rings is 1. The summed E-state index contributed by atoms with van der Waals surface area (Å²) in [4.78, 5) is 11.3. The Labute approximate surface area is 106 Å². The van der Waals surface area contributed by atoms with Crippen LogP contribution in [0.3, 0.4) is 0 Å². The van der Waals surface area contributed by atoms with E-state index in [-0.39, 0.29) is 17.4 Å². The maximum absolute atomic E-state index is 11.3. The Balaban J connectivity index is 2.36. The van der Waals surface area contributed by atoms with Crippen LogP contribution in [-0.4, -0.2) is 18.8 Å². The van der Waals surface area contributed by atoms with Gasteiger partial charge in [-0.25, -0.2) is 0 Å². The fourth-order valence-electron chi connectivity index (χ4n) is 1.97. The predicted molar refractivity (Wildman–Crippen MR) is 69.9 cm³/mol. The maximum Gasteiger partial charge on any atom is 0.231 e. The molecule has 0 aliphatic carbocycles. The lowest BCUT2D eigenvalue weighted by Gasteiger charge is -2.19. The second-order valence-electron chi connectivity index (χ2n) is 4.27. The van der Waals surface area contributed by atoms with E-state index in [2.05, 4.69) is 30.4 Å². The van der Waals surface area contributed by atoms with Crippen molar-refractivity contribution in [3.63, 3.8) is 0 Å². The first-order valence-electron chi connectivity index (χ1n) is 5.66. The minimum absolute atomic E-state index is 0.0451. The smallest absolute Gasteiger partial charge is 0.231 e. The fourth-order valence-corrected chi connectivity index (χ4v) is 2.97. The van der Waals surface area contributed by atoms with Crippen molar-refractivity contribution >= 4 is 17.7 Å².